The fourth-order valence-electron chi connectivity index (χ4n) is 3.89. The topological polar surface area (TPSA) is 68.5 Å². The second-order valence-electron chi connectivity index (χ2n) is 7.80. The van der Waals surface area contributed by atoms with Crippen molar-refractivity contribution in [1.29, 1.82) is 0 Å². The summed E-state index contributed by atoms with van der Waals surface area (Å²) in [6.45, 7) is 1.77. The molecule has 1 atom stereocenters. The van der Waals surface area contributed by atoms with E-state index in [-0.39, 0.29) is 23.5 Å². The number of hydrogen-bond acceptors (Lipinski definition) is 6. The summed E-state index contributed by atoms with van der Waals surface area (Å²) in [7, 11) is 0. The van der Waals surface area contributed by atoms with Crippen LogP contribution in [0.25, 0.3) is 0 Å². The lowest BCUT2D eigenvalue weighted by Crippen LogP contribution is -2.42. The number of para-hydroxylation sites is 1. The van der Waals surface area contributed by atoms with E-state index < -0.39 is 6.10 Å². The molecule has 1 amide bonds. The minimum Gasteiger partial charge on any atom is -0.481 e. The number of halogens is 1. The molecular weight excluding hydrogens is 429 g/mol. The van der Waals surface area contributed by atoms with Crippen molar-refractivity contribution in [2.75, 3.05) is 10.7 Å². The van der Waals surface area contributed by atoms with Gasteiger partial charge in [0.2, 0.25) is 5.91 Å². The molecule has 1 aliphatic carbocycles. The molecular formula is C24H26FN3O3S. The number of thioether (sulfide) groups is 1. The van der Waals surface area contributed by atoms with Crippen LogP contribution in [0.3, 0.4) is 0 Å². The van der Waals surface area contributed by atoms with Crippen molar-refractivity contribution in [3.05, 3.63) is 66.3 Å². The van der Waals surface area contributed by atoms with Gasteiger partial charge >= 0.3 is 0 Å². The summed E-state index contributed by atoms with van der Waals surface area (Å²) in [5.41, 5.74) is 0.928. The lowest BCUT2D eigenvalue weighted by Gasteiger charge is -2.34. The Labute approximate surface area is 191 Å². The number of aromatic nitrogens is 2. The molecule has 1 saturated carbocycles. The highest BCUT2D eigenvalue weighted by molar-refractivity contribution is 7.99. The van der Waals surface area contributed by atoms with Crippen LogP contribution in [0.15, 0.2) is 64.2 Å². The smallest absolute Gasteiger partial charge is 0.277 e. The Bertz CT molecular complexity index is 1010. The van der Waals surface area contributed by atoms with Crippen molar-refractivity contribution in [2.24, 2.45) is 0 Å². The van der Waals surface area contributed by atoms with E-state index in [9.17, 15) is 9.18 Å². The second kappa shape index (κ2) is 10.6. The maximum atomic E-state index is 13.2. The number of amides is 1. The molecule has 4 rings (SSSR count). The highest BCUT2D eigenvalue weighted by atomic mass is 32.2. The fraction of sp³-hybridized carbons (Fsp3) is 0.375. The molecule has 1 unspecified atom stereocenters. The SMILES string of the molecule is CC(Oc1ccc(F)cc1)c1nnc(SCC(=O)N(c2ccccc2)C2CCCCC2)o1. The number of carbonyl (C=O) groups excluding carboxylic acids is 1. The summed E-state index contributed by atoms with van der Waals surface area (Å²) in [4.78, 5) is 15.1. The maximum Gasteiger partial charge on any atom is 0.277 e. The van der Waals surface area contributed by atoms with Gasteiger partial charge in [-0.25, -0.2) is 4.39 Å². The molecule has 0 bridgehead atoms. The molecule has 1 fully saturated rings. The molecule has 8 heteroatoms. The largest absolute Gasteiger partial charge is 0.481 e. The molecule has 0 radical (unpaired) electrons. The van der Waals surface area contributed by atoms with Crippen LogP contribution in [0.4, 0.5) is 10.1 Å². The number of carbonyl (C=O) groups is 1. The average molecular weight is 456 g/mol. The lowest BCUT2D eigenvalue weighted by atomic mass is 9.93. The number of anilines is 1. The van der Waals surface area contributed by atoms with Crippen LogP contribution >= 0.6 is 11.8 Å². The molecule has 1 aromatic heterocycles. The first-order valence-electron chi connectivity index (χ1n) is 10.9. The Morgan fingerprint density at radius 1 is 1.12 bits per heavy atom. The van der Waals surface area contributed by atoms with E-state index in [2.05, 4.69) is 10.2 Å². The number of nitrogens with zero attached hydrogens (tertiary/aromatic N) is 3. The van der Waals surface area contributed by atoms with Crippen LogP contribution in [0.1, 0.15) is 51.0 Å². The summed E-state index contributed by atoms with van der Waals surface area (Å²) in [6, 6.07) is 15.8. The Kier molecular flexibility index (Phi) is 7.42. The Morgan fingerprint density at radius 2 is 1.84 bits per heavy atom. The summed E-state index contributed by atoms with van der Waals surface area (Å²) in [6.07, 6.45) is 5.06. The summed E-state index contributed by atoms with van der Waals surface area (Å²) < 4.78 is 24.5. The molecule has 1 aliphatic rings. The van der Waals surface area contributed by atoms with Crippen LogP contribution in [0.2, 0.25) is 0 Å². The summed E-state index contributed by atoms with van der Waals surface area (Å²) in [5, 5.41) is 8.40. The number of benzene rings is 2. The maximum absolute atomic E-state index is 13.2. The first kappa shape index (κ1) is 22.3. The van der Waals surface area contributed by atoms with Crippen molar-refractivity contribution < 1.29 is 18.3 Å². The van der Waals surface area contributed by atoms with Crippen LogP contribution in [-0.2, 0) is 4.79 Å². The van der Waals surface area contributed by atoms with Gasteiger partial charge in [0.05, 0.1) is 5.75 Å². The Hall–Kier alpha value is -2.87. The number of ether oxygens (including phenoxy) is 1. The van der Waals surface area contributed by atoms with Gasteiger partial charge in [-0.1, -0.05) is 49.2 Å². The molecule has 32 heavy (non-hydrogen) atoms. The zero-order chi connectivity index (χ0) is 22.3. The van der Waals surface area contributed by atoms with Gasteiger partial charge in [0.1, 0.15) is 11.6 Å². The molecule has 0 N–H and O–H groups in total. The highest BCUT2D eigenvalue weighted by Gasteiger charge is 2.27. The van der Waals surface area contributed by atoms with Gasteiger partial charge < -0.3 is 14.1 Å². The number of hydrogen-bond donors (Lipinski definition) is 0. The molecule has 3 aromatic rings. The molecule has 1 heterocycles. The van der Waals surface area contributed by atoms with Crippen molar-refractivity contribution in [1.82, 2.24) is 10.2 Å². The average Bonchev–Trinajstić information content (AvgIpc) is 3.30. The minimum atomic E-state index is -0.499. The van der Waals surface area contributed by atoms with Gasteiger partial charge in [-0.15, -0.1) is 10.2 Å². The van der Waals surface area contributed by atoms with E-state index >= 15 is 0 Å². The quantitative estimate of drug-likeness (QED) is 0.400. The molecule has 168 valence electrons. The third-order valence-corrected chi connectivity index (χ3v) is 6.26. The molecule has 0 saturated heterocycles. The van der Waals surface area contributed by atoms with Crippen LogP contribution < -0.4 is 9.64 Å². The van der Waals surface area contributed by atoms with E-state index in [0.29, 0.717) is 16.9 Å². The van der Waals surface area contributed by atoms with Crippen molar-refractivity contribution in [3.8, 4) is 5.75 Å². The zero-order valence-corrected chi connectivity index (χ0v) is 18.8. The lowest BCUT2D eigenvalue weighted by molar-refractivity contribution is -0.116. The third-order valence-electron chi connectivity index (χ3n) is 5.46. The summed E-state index contributed by atoms with van der Waals surface area (Å²) in [5.74, 6) is 0.719. The molecule has 6 nitrogen and oxygen atoms in total. The van der Waals surface area contributed by atoms with E-state index in [1.807, 2.05) is 35.2 Å². The van der Waals surface area contributed by atoms with Crippen LogP contribution in [0.5, 0.6) is 5.75 Å². The zero-order valence-electron chi connectivity index (χ0n) is 17.9. The molecule has 0 aliphatic heterocycles. The Morgan fingerprint density at radius 3 is 2.56 bits per heavy atom. The fourth-order valence-corrected chi connectivity index (χ4v) is 4.52. The monoisotopic (exact) mass is 455 g/mol. The summed E-state index contributed by atoms with van der Waals surface area (Å²) >= 11 is 1.23. The van der Waals surface area contributed by atoms with Gasteiger partial charge in [-0.3, -0.25) is 4.79 Å². The minimum absolute atomic E-state index is 0.0310. The van der Waals surface area contributed by atoms with Crippen molar-refractivity contribution in [2.45, 2.75) is 56.4 Å². The van der Waals surface area contributed by atoms with Crippen LogP contribution in [-0.4, -0.2) is 27.9 Å². The van der Waals surface area contributed by atoms with Crippen molar-refractivity contribution in [3.63, 3.8) is 0 Å². The van der Waals surface area contributed by atoms with Crippen molar-refractivity contribution >= 4 is 23.4 Å². The van der Waals surface area contributed by atoms with Gasteiger partial charge in [0.25, 0.3) is 11.1 Å². The standard InChI is InChI=1S/C24H26FN3O3S/c1-17(30-21-14-12-18(25)13-15-21)23-26-27-24(31-23)32-16-22(29)28(19-8-4-2-5-9-19)20-10-6-3-7-11-20/h2,4-5,8-9,12-15,17,20H,3,6-7,10-11,16H2,1H3. The van der Waals surface area contributed by atoms with Gasteiger partial charge in [-0.05, 0) is 56.2 Å². The number of rotatable bonds is 8. The van der Waals surface area contributed by atoms with E-state index in [4.69, 9.17) is 9.15 Å². The van der Waals surface area contributed by atoms with Crippen LogP contribution in [0, 0.1) is 5.82 Å². The normalized spacial score (nSPS) is 15.3. The first-order valence-corrected chi connectivity index (χ1v) is 11.8. The van der Waals surface area contributed by atoms with E-state index in [1.165, 1.54) is 30.3 Å². The van der Waals surface area contributed by atoms with E-state index in [0.717, 1.165) is 31.4 Å². The molecule has 2 aromatic carbocycles. The van der Waals surface area contributed by atoms with Gasteiger partial charge in [0, 0.05) is 11.7 Å². The second-order valence-corrected chi connectivity index (χ2v) is 8.73. The van der Waals surface area contributed by atoms with E-state index in [1.54, 1.807) is 19.1 Å². The predicted molar refractivity (Wildman–Crippen MR) is 121 cm³/mol. The van der Waals surface area contributed by atoms with Gasteiger partial charge in [-0.2, -0.15) is 0 Å². The predicted octanol–water partition coefficient (Wildman–Crippen LogP) is 5.81. The Balaban J connectivity index is 1.38. The third kappa shape index (κ3) is 5.68. The molecule has 0 spiro atoms. The highest BCUT2D eigenvalue weighted by Crippen LogP contribution is 2.29. The van der Waals surface area contributed by atoms with Gasteiger partial charge in [0.15, 0.2) is 6.10 Å². The first-order chi connectivity index (χ1) is 15.6.